The highest BCUT2D eigenvalue weighted by Crippen LogP contribution is 2.26. The summed E-state index contributed by atoms with van der Waals surface area (Å²) in [6, 6.07) is 1.78. The molecule has 0 saturated heterocycles. The zero-order valence-electron chi connectivity index (χ0n) is 9.51. The van der Waals surface area contributed by atoms with Gasteiger partial charge in [-0.1, -0.05) is 23.2 Å². The molecule has 0 aliphatic carbocycles. The third kappa shape index (κ3) is 2.70. The van der Waals surface area contributed by atoms with E-state index in [1.807, 2.05) is 13.8 Å². The number of rotatable bonds is 3. The quantitative estimate of drug-likeness (QED) is 0.842. The van der Waals surface area contributed by atoms with Crippen molar-refractivity contribution in [1.82, 2.24) is 15.2 Å². The monoisotopic (exact) mass is 270 g/mol. The second-order valence-corrected chi connectivity index (χ2v) is 4.55. The minimum Gasteiger partial charge on any atom is -0.378 e. The van der Waals surface area contributed by atoms with Gasteiger partial charge in [-0.05, 0) is 25.5 Å². The summed E-state index contributed by atoms with van der Waals surface area (Å²) >= 11 is 11.8. The summed E-state index contributed by atoms with van der Waals surface area (Å²) in [6.07, 6.45) is 1.79. The lowest BCUT2D eigenvalue weighted by molar-refractivity contribution is 1.04. The van der Waals surface area contributed by atoms with Crippen LogP contribution in [0.15, 0.2) is 12.3 Å². The van der Waals surface area contributed by atoms with Gasteiger partial charge in [0, 0.05) is 17.8 Å². The molecule has 2 heterocycles. The Hall–Kier alpha value is -1.26. The Morgan fingerprint density at radius 1 is 1.35 bits per heavy atom. The van der Waals surface area contributed by atoms with Crippen molar-refractivity contribution in [3.63, 3.8) is 0 Å². The standard InChI is InChI=1S/C11H12Cl2N4/c1-6-3-9(12)16-11(13)10(6)14-4-8-5-15-17-7(8)2/h3,5,14H,4H2,1-2H3,(H,15,17). The van der Waals surface area contributed by atoms with Crippen LogP contribution in [0, 0.1) is 13.8 Å². The van der Waals surface area contributed by atoms with Gasteiger partial charge in [0.25, 0.3) is 0 Å². The lowest BCUT2D eigenvalue weighted by atomic mass is 10.2. The number of pyridine rings is 1. The van der Waals surface area contributed by atoms with Crippen molar-refractivity contribution in [3.8, 4) is 0 Å². The molecule has 17 heavy (non-hydrogen) atoms. The molecule has 0 saturated carbocycles. The molecule has 0 unspecified atom stereocenters. The Morgan fingerprint density at radius 3 is 2.71 bits per heavy atom. The second-order valence-electron chi connectivity index (χ2n) is 3.80. The number of nitrogens with one attached hydrogen (secondary N) is 2. The predicted octanol–water partition coefficient (Wildman–Crippen LogP) is 3.34. The van der Waals surface area contributed by atoms with Crippen LogP contribution in [0.2, 0.25) is 10.3 Å². The number of aromatic amines is 1. The number of anilines is 1. The first-order valence-electron chi connectivity index (χ1n) is 5.13. The summed E-state index contributed by atoms with van der Waals surface area (Å²) in [6.45, 7) is 4.55. The number of nitrogens with zero attached hydrogens (tertiary/aromatic N) is 2. The molecule has 2 aromatic rings. The summed E-state index contributed by atoms with van der Waals surface area (Å²) in [5.74, 6) is 0. The molecule has 0 spiro atoms. The van der Waals surface area contributed by atoms with Crippen LogP contribution in [0.4, 0.5) is 5.69 Å². The molecule has 0 aromatic carbocycles. The van der Waals surface area contributed by atoms with E-state index in [0.717, 1.165) is 22.5 Å². The predicted molar refractivity (Wildman–Crippen MR) is 69.6 cm³/mol. The van der Waals surface area contributed by atoms with Gasteiger partial charge in [0.2, 0.25) is 0 Å². The van der Waals surface area contributed by atoms with Gasteiger partial charge in [0.1, 0.15) is 5.15 Å². The fraction of sp³-hybridized carbons (Fsp3) is 0.273. The third-order valence-electron chi connectivity index (χ3n) is 2.53. The fourth-order valence-electron chi connectivity index (χ4n) is 1.55. The third-order valence-corrected chi connectivity index (χ3v) is 3.00. The molecular formula is C11H12Cl2N4. The largest absolute Gasteiger partial charge is 0.378 e. The van der Waals surface area contributed by atoms with Gasteiger partial charge >= 0.3 is 0 Å². The smallest absolute Gasteiger partial charge is 0.154 e. The number of halogens is 2. The number of H-pyrrole nitrogens is 1. The first-order valence-corrected chi connectivity index (χ1v) is 5.89. The molecule has 0 fully saturated rings. The molecule has 4 nitrogen and oxygen atoms in total. The van der Waals surface area contributed by atoms with Crippen molar-refractivity contribution in [1.29, 1.82) is 0 Å². The normalized spacial score (nSPS) is 10.6. The number of aromatic nitrogens is 3. The Kier molecular flexibility index (Phi) is 3.54. The van der Waals surface area contributed by atoms with Crippen LogP contribution < -0.4 is 5.32 Å². The van der Waals surface area contributed by atoms with E-state index in [0.29, 0.717) is 16.9 Å². The van der Waals surface area contributed by atoms with E-state index in [1.165, 1.54) is 0 Å². The van der Waals surface area contributed by atoms with Crippen LogP contribution >= 0.6 is 23.2 Å². The van der Waals surface area contributed by atoms with Gasteiger partial charge < -0.3 is 5.32 Å². The maximum absolute atomic E-state index is 6.03. The van der Waals surface area contributed by atoms with Crippen LogP contribution in [0.3, 0.4) is 0 Å². The summed E-state index contributed by atoms with van der Waals surface area (Å²) in [5, 5.41) is 10.9. The van der Waals surface area contributed by atoms with Gasteiger partial charge in [0.05, 0.1) is 11.9 Å². The van der Waals surface area contributed by atoms with E-state index < -0.39 is 0 Å². The molecule has 0 aliphatic rings. The van der Waals surface area contributed by atoms with Crippen molar-refractivity contribution in [2.45, 2.75) is 20.4 Å². The average molecular weight is 271 g/mol. The molecule has 2 N–H and O–H groups in total. The molecule has 0 bridgehead atoms. The van der Waals surface area contributed by atoms with Gasteiger partial charge in [-0.15, -0.1) is 0 Å². The molecule has 2 rings (SSSR count). The molecular weight excluding hydrogens is 259 g/mol. The highest BCUT2D eigenvalue weighted by molar-refractivity contribution is 6.34. The SMILES string of the molecule is Cc1cc(Cl)nc(Cl)c1NCc1cn[nH]c1C. The van der Waals surface area contributed by atoms with E-state index in [-0.39, 0.29) is 0 Å². The molecule has 0 aliphatic heterocycles. The summed E-state index contributed by atoms with van der Waals surface area (Å²) in [5.41, 5.74) is 3.90. The first-order chi connectivity index (χ1) is 8.08. The molecule has 90 valence electrons. The molecule has 6 heteroatoms. The maximum atomic E-state index is 6.03. The highest BCUT2D eigenvalue weighted by atomic mass is 35.5. The lowest BCUT2D eigenvalue weighted by Crippen LogP contribution is -2.03. The van der Waals surface area contributed by atoms with Crippen molar-refractivity contribution in [2.24, 2.45) is 0 Å². The minimum atomic E-state index is 0.385. The fourth-order valence-corrected chi connectivity index (χ4v) is 2.14. The minimum absolute atomic E-state index is 0.385. The van der Waals surface area contributed by atoms with E-state index in [1.54, 1.807) is 12.3 Å². The van der Waals surface area contributed by atoms with E-state index in [2.05, 4.69) is 20.5 Å². The Morgan fingerprint density at radius 2 is 2.12 bits per heavy atom. The van der Waals surface area contributed by atoms with Crippen molar-refractivity contribution >= 4 is 28.9 Å². The Balaban J connectivity index is 2.17. The molecule has 0 radical (unpaired) electrons. The molecule has 0 amide bonds. The van der Waals surface area contributed by atoms with Crippen molar-refractivity contribution in [3.05, 3.63) is 39.4 Å². The maximum Gasteiger partial charge on any atom is 0.154 e. The zero-order chi connectivity index (χ0) is 12.4. The number of aryl methyl sites for hydroxylation is 2. The van der Waals surface area contributed by atoms with Gasteiger partial charge in [-0.3, -0.25) is 5.10 Å². The van der Waals surface area contributed by atoms with Crippen LogP contribution in [0.25, 0.3) is 0 Å². The summed E-state index contributed by atoms with van der Waals surface area (Å²) in [7, 11) is 0. The zero-order valence-corrected chi connectivity index (χ0v) is 11.0. The topological polar surface area (TPSA) is 53.6 Å². The van der Waals surface area contributed by atoms with E-state index in [9.17, 15) is 0 Å². The number of hydrogen-bond donors (Lipinski definition) is 2. The van der Waals surface area contributed by atoms with Crippen LogP contribution in [0.5, 0.6) is 0 Å². The van der Waals surface area contributed by atoms with Gasteiger partial charge in [-0.25, -0.2) is 4.98 Å². The second kappa shape index (κ2) is 4.94. The first kappa shape index (κ1) is 12.2. The van der Waals surface area contributed by atoms with Crippen molar-refractivity contribution < 1.29 is 0 Å². The van der Waals surface area contributed by atoms with Crippen molar-refractivity contribution in [2.75, 3.05) is 5.32 Å². The highest BCUT2D eigenvalue weighted by Gasteiger charge is 2.08. The number of hydrogen-bond acceptors (Lipinski definition) is 3. The lowest BCUT2D eigenvalue weighted by Gasteiger charge is -2.10. The van der Waals surface area contributed by atoms with Gasteiger partial charge in [-0.2, -0.15) is 5.10 Å². The van der Waals surface area contributed by atoms with Crippen LogP contribution in [0.1, 0.15) is 16.8 Å². The molecule has 2 aromatic heterocycles. The van der Waals surface area contributed by atoms with Crippen LogP contribution in [-0.2, 0) is 6.54 Å². The van der Waals surface area contributed by atoms with Gasteiger partial charge in [0.15, 0.2) is 5.15 Å². The average Bonchev–Trinajstić information content (AvgIpc) is 2.62. The Bertz CT molecular complexity index is 513. The summed E-state index contributed by atoms with van der Waals surface area (Å²) < 4.78 is 0. The van der Waals surface area contributed by atoms with E-state index >= 15 is 0 Å². The summed E-state index contributed by atoms with van der Waals surface area (Å²) in [4.78, 5) is 4.00. The Labute approximate surface area is 109 Å². The molecule has 0 atom stereocenters. The van der Waals surface area contributed by atoms with Crippen LogP contribution in [-0.4, -0.2) is 15.2 Å². The van der Waals surface area contributed by atoms with E-state index in [4.69, 9.17) is 23.2 Å².